The van der Waals surface area contributed by atoms with Crippen molar-refractivity contribution in [1.29, 1.82) is 0 Å². The van der Waals surface area contributed by atoms with Crippen LogP contribution >= 0.6 is 28.8 Å². The molecule has 4 aromatic carbocycles. The molecule has 0 heterocycles. The minimum absolute atomic E-state index is 0.482. The predicted molar refractivity (Wildman–Crippen MR) is 133 cm³/mol. The van der Waals surface area contributed by atoms with E-state index < -0.39 is 13.3 Å². The van der Waals surface area contributed by atoms with E-state index in [1.54, 1.807) is 0 Å². The molecule has 0 amide bonds. The number of hydrogen-bond donors (Lipinski definition) is 0. The molecule has 0 saturated carbocycles. The van der Waals surface area contributed by atoms with Gasteiger partial charge >= 0.3 is 178 Å². The summed E-state index contributed by atoms with van der Waals surface area (Å²) >= 11 is 4.27. The van der Waals surface area contributed by atoms with Crippen molar-refractivity contribution in [1.82, 2.24) is 0 Å². The fraction of sp³-hybridized carbons (Fsp3) is 0.0400. The number of hydrogen-bond acceptors (Lipinski definition) is 0. The van der Waals surface area contributed by atoms with Gasteiger partial charge in [-0.1, -0.05) is 0 Å². The third-order valence-corrected chi connectivity index (χ3v) is 20.5. The van der Waals surface area contributed by atoms with Gasteiger partial charge in [0.25, 0.3) is 0 Å². The van der Waals surface area contributed by atoms with Gasteiger partial charge in [0.15, 0.2) is 0 Å². The van der Waals surface area contributed by atoms with E-state index >= 15 is 0 Å². The van der Waals surface area contributed by atoms with E-state index in [9.17, 15) is 0 Å². The van der Waals surface area contributed by atoms with Crippen LogP contribution in [0.4, 0.5) is 0 Å². The molecule has 0 aliphatic heterocycles. The maximum atomic E-state index is 4.27. The van der Waals surface area contributed by atoms with Crippen LogP contribution in [0.15, 0.2) is 121 Å². The number of benzene rings is 4. The van der Waals surface area contributed by atoms with Crippen molar-refractivity contribution in [3.05, 3.63) is 127 Å². The van der Waals surface area contributed by atoms with Crippen molar-refractivity contribution in [2.75, 3.05) is 0 Å². The fourth-order valence-corrected chi connectivity index (χ4v) is 20.0. The van der Waals surface area contributed by atoms with Gasteiger partial charge < -0.3 is 0 Å². The summed E-state index contributed by atoms with van der Waals surface area (Å²) in [5, 5.41) is 4.39. The van der Waals surface area contributed by atoms with Crippen LogP contribution in [0.25, 0.3) is 0 Å². The van der Waals surface area contributed by atoms with Crippen molar-refractivity contribution < 1.29 is 0 Å². The van der Waals surface area contributed by atoms with Gasteiger partial charge in [-0.05, 0) is 0 Å². The molecule has 0 nitrogen and oxygen atoms in total. The molecule has 0 aromatic heterocycles. The average molecular weight is 465 g/mol. The Bertz CT molecular complexity index is 893. The first-order valence-electron chi connectivity index (χ1n) is 9.46. The second-order valence-electron chi connectivity index (χ2n) is 6.81. The topological polar surface area (TPSA) is 0 Å². The van der Waals surface area contributed by atoms with Crippen molar-refractivity contribution in [3.8, 4) is 0 Å². The molecule has 0 fully saturated rings. The molecule has 0 aliphatic rings. The molecule has 1 unspecified atom stereocenters. The summed E-state index contributed by atoms with van der Waals surface area (Å²) in [4.78, 5) is 0. The van der Waals surface area contributed by atoms with Crippen LogP contribution in [-0.2, 0) is 6.16 Å². The predicted octanol–water partition coefficient (Wildman–Crippen LogP) is 6.62. The van der Waals surface area contributed by atoms with E-state index in [1.165, 1.54) is 21.5 Å². The maximum absolute atomic E-state index is 4.27. The molecule has 4 rings (SSSR count). The molecule has 0 radical (unpaired) electrons. The first kappa shape index (κ1) is 19.5. The third-order valence-electron chi connectivity index (χ3n) is 5.10. The van der Waals surface area contributed by atoms with Crippen LogP contribution < -0.4 is 15.9 Å². The van der Waals surface area contributed by atoms with Crippen molar-refractivity contribution in [2.24, 2.45) is 0 Å². The zero-order valence-corrected chi connectivity index (χ0v) is 19.1. The Balaban J connectivity index is 1.95. The Labute approximate surface area is 177 Å². The zero-order valence-electron chi connectivity index (χ0n) is 15.6. The second-order valence-corrected chi connectivity index (χ2v) is 19.2. The summed E-state index contributed by atoms with van der Waals surface area (Å²) in [5.74, 6) is 0. The summed E-state index contributed by atoms with van der Waals surface area (Å²) in [6.45, 7) is -2.23. The molecule has 0 N–H and O–H groups in total. The minimum atomic E-state index is -2.23. The van der Waals surface area contributed by atoms with E-state index in [0.29, 0.717) is 0 Å². The summed E-state index contributed by atoms with van der Waals surface area (Å²) in [6.07, 6.45) is 0.575. The van der Waals surface area contributed by atoms with E-state index in [-0.39, 0.29) is 0 Å². The molecule has 4 aromatic rings. The third kappa shape index (κ3) is 3.85. The molecule has 0 spiro atoms. The van der Waals surface area contributed by atoms with Gasteiger partial charge in [-0.2, -0.15) is 0 Å². The fourth-order valence-electron chi connectivity index (χ4n) is 3.82. The summed E-state index contributed by atoms with van der Waals surface area (Å²) in [5.41, 5.74) is 1.39. The van der Waals surface area contributed by atoms with Crippen molar-refractivity contribution >= 4 is 44.7 Å². The van der Waals surface area contributed by atoms with Gasteiger partial charge in [0.1, 0.15) is 0 Å². The van der Waals surface area contributed by atoms with E-state index in [0.717, 1.165) is 6.16 Å². The number of rotatable bonds is 6. The number of halogens is 1. The van der Waals surface area contributed by atoms with E-state index in [1.807, 2.05) is 0 Å². The average Bonchev–Trinajstić information content (AvgIpc) is 2.77. The Morgan fingerprint density at radius 1 is 0.500 bits per heavy atom. The second kappa shape index (κ2) is 9.15. The molecular formula is C25H23BrP2. The molecule has 140 valence electrons. The SMILES string of the molecule is BrP(Cc1ccccc1)[PH](c1ccccc1)(c1ccccc1)c1ccccc1. The normalized spacial score (nSPS) is 13.0. The summed E-state index contributed by atoms with van der Waals surface area (Å²) in [6, 6.07) is 44.3. The first-order valence-corrected chi connectivity index (χ1v) is 15.8. The van der Waals surface area contributed by atoms with Crippen molar-refractivity contribution in [2.45, 2.75) is 6.16 Å². The van der Waals surface area contributed by atoms with Gasteiger partial charge in [-0.3, -0.25) is 0 Å². The Morgan fingerprint density at radius 2 is 0.821 bits per heavy atom. The molecule has 0 bridgehead atoms. The monoisotopic (exact) mass is 464 g/mol. The van der Waals surface area contributed by atoms with E-state index in [4.69, 9.17) is 0 Å². The standard InChI is InChI=1S/C25H23BrP2/c26-27(21-22-13-5-1-6-14-22)28(23-15-7-2-8-16-23,24-17-9-3-10-18-24)25-19-11-4-12-20-25/h1-20,28H,21H2. The van der Waals surface area contributed by atoms with Gasteiger partial charge in [-0.15, -0.1) is 0 Å². The van der Waals surface area contributed by atoms with Crippen LogP contribution in [0, 0.1) is 0 Å². The van der Waals surface area contributed by atoms with Gasteiger partial charge in [-0.25, -0.2) is 0 Å². The summed E-state index contributed by atoms with van der Waals surface area (Å²) in [7, 11) is 0. The van der Waals surface area contributed by atoms with Gasteiger partial charge in [0.05, 0.1) is 0 Å². The Kier molecular flexibility index (Phi) is 6.38. The molecule has 3 heteroatoms. The summed E-state index contributed by atoms with van der Waals surface area (Å²) < 4.78 is 0. The molecule has 28 heavy (non-hydrogen) atoms. The zero-order chi connectivity index (χ0) is 19.2. The van der Waals surface area contributed by atoms with Crippen LogP contribution in [0.2, 0.25) is 0 Å². The van der Waals surface area contributed by atoms with E-state index in [2.05, 4.69) is 137 Å². The van der Waals surface area contributed by atoms with Crippen LogP contribution in [0.1, 0.15) is 5.56 Å². The Hall–Kier alpha value is -1.78. The molecular weight excluding hydrogens is 442 g/mol. The quantitative estimate of drug-likeness (QED) is 0.281. The van der Waals surface area contributed by atoms with Gasteiger partial charge in [0, 0.05) is 0 Å². The van der Waals surface area contributed by atoms with Crippen LogP contribution in [-0.4, -0.2) is 0 Å². The first-order chi connectivity index (χ1) is 13.8. The Morgan fingerprint density at radius 3 is 1.18 bits per heavy atom. The molecule has 1 atom stereocenters. The van der Waals surface area contributed by atoms with Gasteiger partial charge in [0.2, 0.25) is 0 Å². The van der Waals surface area contributed by atoms with Crippen molar-refractivity contribution in [3.63, 3.8) is 0 Å². The van der Waals surface area contributed by atoms with Crippen LogP contribution in [0.3, 0.4) is 0 Å². The van der Waals surface area contributed by atoms with Crippen LogP contribution in [0.5, 0.6) is 0 Å². The molecule has 0 saturated heterocycles. The molecule has 0 aliphatic carbocycles.